The minimum absolute atomic E-state index is 0.122. The molecule has 0 saturated carbocycles. The number of hydrogen-bond donors (Lipinski definition) is 1. The Balaban J connectivity index is 3.19. The van der Waals surface area contributed by atoms with Gasteiger partial charge in [-0.3, -0.25) is 14.9 Å². The second kappa shape index (κ2) is 8.70. The van der Waals surface area contributed by atoms with Gasteiger partial charge in [0, 0.05) is 12.6 Å². The fourth-order valence-corrected chi connectivity index (χ4v) is 1.89. The van der Waals surface area contributed by atoms with Gasteiger partial charge < -0.3 is 19.5 Å². The van der Waals surface area contributed by atoms with Crippen molar-refractivity contribution in [2.75, 3.05) is 20.3 Å². The summed E-state index contributed by atoms with van der Waals surface area (Å²) in [6.45, 7) is 5.46. The van der Waals surface area contributed by atoms with Gasteiger partial charge >= 0.3 is 5.97 Å². The van der Waals surface area contributed by atoms with Gasteiger partial charge in [0.1, 0.15) is 5.56 Å². The lowest BCUT2D eigenvalue weighted by molar-refractivity contribution is -0.385. The van der Waals surface area contributed by atoms with E-state index >= 15 is 0 Å². The minimum atomic E-state index is -1.09. The molecular weight excluding hydrogens is 320 g/mol. The molecule has 1 rings (SSSR count). The molecule has 9 heteroatoms. The third kappa shape index (κ3) is 4.58. The van der Waals surface area contributed by atoms with E-state index in [4.69, 9.17) is 14.2 Å². The summed E-state index contributed by atoms with van der Waals surface area (Å²) in [6.07, 6.45) is -1.09. The molecule has 0 aromatic heterocycles. The molecule has 24 heavy (non-hydrogen) atoms. The van der Waals surface area contributed by atoms with Gasteiger partial charge in [0.05, 0.1) is 24.7 Å². The van der Waals surface area contributed by atoms with E-state index in [0.717, 1.165) is 6.07 Å². The fourth-order valence-electron chi connectivity index (χ4n) is 1.89. The van der Waals surface area contributed by atoms with Crippen LogP contribution in [0.1, 0.15) is 31.1 Å². The molecule has 0 bridgehead atoms. The molecule has 9 nitrogen and oxygen atoms in total. The molecule has 1 amide bonds. The van der Waals surface area contributed by atoms with Gasteiger partial charge in [-0.05, 0) is 20.8 Å². The summed E-state index contributed by atoms with van der Waals surface area (Å²) in [5.74, 6) is -1.20. The highest BCUT2D eigenvalue weighted by molar-refractivity contribution is 5.96. The van der Waals surface area contributed by atoms with Crippen LogP contribution in [0.25, 0.3) is 0 Å². The van der Waals surface area contributed by atoms with Crippen LogP contribution in [0.3, 0.4) is 0 Å². The maximum Gasteiger partial charge on any atom is 0.346 e. The standard InChI is InChI=1S/C15H20N2O7/c1-5-16-14(18)9(3)24-15(19)10-7-13(23-6-2)12(22-4)8-11(10)17(20)21/h7-9H,5-6H2,1-4H3,(H,16,18)/t9-/m1/s1. The maximum atomic E-state index is 12.2. The molecule has 0 spiro atoms. The summed E-state index contributed by atoms with van der Waals surface area (Å²) < 4.78 is 15.3. The first-order chi connectivity index (χ1) is 11.3. The monoisotopic (exact) mass is 340 g/mol. The third-order valence-corrected chi connectivity index (χ3v) is 3.00. The number of carbonyl (C=O) groups excluding carboxylic acids is 2. The van der Waals surface area contributed by atoms with E-state index in [1.807, 2.05) is 0 Å². The zero-order chi connectivity index (χ0) is 18.3. The molecule has 1 N–H and O–H groups in total. The second-order valence-corrected chi connectivity index (χ2v) is 4.65. The molecular formula is C15H20N2O7. The maximum absolute atomic E-state index is 12.2. The Kier molecular flexibility index (Phi) is 6.97. The summed E-state index contributed by atoms with van der Waals surface area (Å²) in [4.78, 5) is 34.4. The molecule has 1 aromatic carbocycles. The summed E-state index contributed by atoms with van der Waals surface area (Å²) in [7, 11) is 1.33. The Morgan fingerprint density at radius 3 is 2.46 bits per heavy atom. The lowest BCUT2D eigenvalue weighted by atomic mass is 10.1. The van der Waals surface area contributed by atoms with Crippen LogP contribution < -0.4 is 14.8 Å². The van der Waals surface area contributed by atoms with Crippen LogP contribution in [-0.4, -0.2) is 43.2 Å². The summed E-state index contributed by atoms with van der Waals surface area (Å²) in [5.41, 5.74) is -0.816. The van der Waals surface area contributed by atoms with Crippen molar-refractivity contribution in [1.29, 1.82) is 0 Å². The Morgan fingerprint density at radius 2 is 1.96 bits per heavy atom. The normalized spacial score (nSPS) is 11.3. The molecule has 0 fully saturated rings. The Hall–Kier alpha value is -2.84. The van der Waals surface area contributed by atoms with Crippen LogP contribution in [-0.2, 0) is 9.53 Å². The minimum Gasteiger partial charge on any atom is -0.493 e. The van der Waals surface area contributed by atoms with Gasteiger partial charge in [-0.1, -0.05) is 0 Å². The largest absolute Gasteiger partial charge is 0.493 e. The van der Waals surface area contributed by atoms with Crippen molar-refractivity contribution in [2.45, 2.75) is 26.9 Å². The Bertz CT molecular complexity index is 630. The van der Waals surface area contributed by atoms with Gasteiger partial charge in [0.15, 0.2) is 17.6 Å². The number of hydrogen-bond acceptors (Lipinski definition) is 7. The van der Waals surface area contributed by atoms with Crippen LogP contribution in [0.5, 0.6) is 11.5 Å². The smallest absolute Gasteiger partial charge is 0.346 e. The number of likely N-dealkylation sites (N-methyl/N-ethyl adjacent to an activating group) is 1. The van der Waals surface area contributed by atoms with Crippen LogP contribution in [0.4, 0.5) is 5.69 Å². The first kappa shape index (κ1) is 19.2. The molecule has 0 aliphatic carbocycles. The van der Waals surface area contributed by atoms with Crippen LogP contribution in [0, 0.1) is 10.1 Å². The molecule has 0 saturated heterocycles. The van der Waals surface area contributed by atoms with Crippen molar-refractivity contribution in [3.8, 4) is 11.5 Å². The third-order valence-electron chi connectivity index (χ3n) is 3.00. The molecule has 0 radical (unpaired) electrons. The first-order valence-electron chi connectivity index (χ1n) is 7.33. The van der Waals surface area contributed by atoms with Crippen molar-refractivity contribution < 1.29 is 28.7 Å². The Labute approximate surface area is 139 Å². The molecule has 0 aliphatic heterocycles. The van der Waals surface area contributed by atoms with E-state index in [0.29, 0.717) is 6.54 Å². The van der Waals surface area contributed by atoms with E-state index in [2.05, 4.69) is 5.32 Å². The number of rotatable bonds is 8. The fraction of sp³-hybridized carbons (Fsp3) is 0.467. The highest BCUT2D eigenvalue weighted by Crippen LogP contribution is 2.35. The highest BCUT2D eigenvalue weighted by atomic mass is 16.6. The number of nitro groups is 1. The predicted molar refractivity (Wildman–Crippen MR) is 84.4 cm³/mol. The number of esters is 1. The number of nitrogens with zero attached hydrogens (tertiary/aromatic N) is 1. The molecule has 0 unspecified atom stereocenters. The number of ether oxygens (including phenoxy) is 3. The SMILES string of the molecule is CCNC(=O)[C@@H](C)OC(=O)c1cc(OCC)c(OC)cc1[N+](=O)[O-]. The molecule has 132 valence electrons. The second-order valence-electron chi connectivity index (χ2n) is 4.65. The summed E-state index contributed by atoms with van der Waals surface area (Å²) in [6, 6.07) is 2.26. The number of benzene rings is 1. The van der Waals surface area contributed by atoms with Crippen molar-refractivity contribution in [1.82, 2.24) is 5.32 Å². The quantitative estimate of drug-likeness (QED) is 0.434. The van der Waals surface area contributed by atoms with Gasteiger partial charge in [-0.2, -0.15) is 0 Å². The molecule has 1 aromatic rings. The first-order valence-corrected chi connectivity index (χ1v) is 7.33. The number of amides is 1. The lowest BCUT2D eigenvalue weighted by Gasteiger charge is -2.14. The number of nitro benzene ring substituents is 1. The number of methoxy groups -OCH3 is 1. The predicted octanol–water partition coefficient (Wildman–Crippen LogP) is 1.68. The number of carbonyl (C=O) groups is 2. The van der Waals surface area contributed by atoms with Crippen molar-refractivity contribution >= 4 is 17.6 Å². The van der Waals surface area contributed by atoms with Crippen molar-refractivity contribution in [3.05, 3.63) is 27.8 Å². The van der Waals surface area contributed by atoms with Crippen molar-refractivity contribution in [2.24, 2.45) is 0 Å². The van der Waals surface area contributed by atoms with E-state index in [1.165, 1.54) is 20.1 Å². The van der Waals surface area contributed by atoms with Crippen LogP contribution in [0.15, 0.2) is 12.1 Å². The topological polar surface area (TPSA) is 117 Å². The average molecular weight is 340 g/mol. The zero-order valence-electron chi connectivity index (χ0n) is 14.0. The van der Waals surface area contributed by atoms with Crippen LogP contribution >= 0.6 is 0 Å². The van der Waals surface area contributed by atoms with E-state index in [-0.39, 0.29) is 23.7 Å². The molecule has 0 heterocycles. The zero-order valence-corrected chi connectivity index (χ0v) is 14.0. The molecule has 1 atom stereocenters. The summed E-state index contributed by atoms with van der Waals surface area (Å²) >= 11 is 0. The highest BCUT2D eigenvalue weighted by Gasteiger charge is 2.28. The number of nitrogens with one attached hydrogen (secondary N) is 1. The Morgan fingerprint density at radius 1 is 1.29 bits per heavy atom. The van der Waals surface area contributed by atoms with E-state index in [9.17, 15) is 19.7 Å². The average Bonchev–Trinajstić information content (AvgIpc) is 2.54. The van der Waals surface area contributed by atoms with Gasteiger partial charge in [0.25, 0.3) is 11.6 Å². The lowest BCUT2D eigenvalue weighted by Crippen LogP contribution is -2.35. The van der Waals surface area contributed by atoms with Crippen molar-refractivity contribution in [3.63, 3.8) is 0 Å². The van der Waals surface area contributed by atoms with E-state index in [1.54, 1.807) is 13.8 Å². The van der Waals surface area contributed by atoms with E-state index < -0.39 is 28.6 Å². The molecule has 0 aliphatic rings. The van der Waals surface area contributed by atoms with Gasteiger partial charge in [0.2, 0.25) is 0 Å². The summed E-state index contributed by atoms with van der Waals surface area (Å²) in [5, 5.41) is 13.7. The van der Waals surface area contributed by atoms with Gasteiger partial charge in [-0.25, -0.2) is 4.79 Å². The van der Waals surface area contributed by atoms with Gasteiger partial charge in [-0.15, -0.1) is 0 Å². The van der Waals surface area contributed by atoms with Crippen LogP contribution in [0.2, 0.25) is 0 Å².